The van der Waals surface area contributed by atoms with E-state index < -0.39 is 0 Å². The fourth-order valence-corrected chi connectivity index (χ4v) is 3.97. The van der Waals surface area contributed by atoms with Gasteiger partial charge in [0.2, 0.25) is 0 Å². The number of aromatic nitrogens is 2. The average molecular weight is 375 g/mol. The summed E-state index contributed by atoms with van der Waals surface area (Å²) in [4.78, 5) is 12.9. The highest BCUT2D eigenvalue weighted by Gasteiger charge is 2.36. The summed E-state index contributed by atoms with van der Waals surface area (Å²) in [6.45, 7) is 4.48. The second-order valence-electron chi connectivity index (χ2n) is 8.10. The van der Waals surface area contributed by atoms with Crippen LogP contribution in [0.2, 0.25) is 0 Å². The predicted molar refractivity (Wildman–Crippen MR) is 109 cm³/mol. The van der Waals surface area contributed by atoms with E-state index >= 15 is 0 Å². The molecule has 0 saturated heterocycles. The monoisotopic (exact) mass is 375 g/mol. The Bertz CT molecular complexity index is 992. The van der Waals surface area contributed by atoms with E-state index in [0.29, 0.717) is 11.3 Å². The van der Waals surface area contributed by atoms with Crippen LogP contribution in [-0.2, 0) is 6.42 Å². The summed E-state index contributed by atoms with van der Waals surface area (Å²) >= 11 is 0. The Labute approximate surface area is 165 Å². The van der Waals surface area contributed by atoms with E-state index in [2.05, 4.69) is 36.4 Å². The van der Waals surface area contributed by atoms with E-state index in [-0.39, 0.29) is 17.4 Å². The number of fused-ring (bicyclic) bond motifs is 1. The van der Waals surface area contributed by atoms with E-state index in [0.717, 1.165) is 24.1 Å². The molecule has 1 atom stereocenters. The highest BCUT2D eigenvalue weighted by atomic mass is 16.5. The number of nitrogens with one attached hydrogen (secondary N) is 1. The largest absolute Gasteiger partial charge is 0.497 e. The number of rotatable bonds is 4. The number of nitrogens with zero attached hydrogens (tertiary/aromatic N) is 2. The second-order valence-corrected chi connectivity index (χ2v) is 8.10. The molecule has 0 bridgehead atoms. The Morgan fingerprint density at radius 1 is 1.18 bits per heavy atom. The lowest BCUT2D eigenvalue weighted by Gasteiger charge is -2.36. The number of para-hydroxylation sites is 1. The molecule has 1 aliphatic carbocycles. The first-order valence-corrected chi connectivity index (χ1v) is 9.54. The molecule has 144 valence electrons. The van der Waals surface area contributed by atoms with Crippen LogP contribution in [0.1, 0.15) is 47.9 Å². The molecule has 3 aromatic rings. The van der Waals surface area contributed by atoms with Gasteiger partial charge in [0.1, 0.15) is 5.75 Å². The number of carbonyl (C=O) groups is 1. The number of methoxy groups -OCH3 is 1. The maximum Gasteiger partial charge on any atom is 0.251 e. The van der Waals surface area contributed by atoms with Gasteiger partial charge < -0.3 is 10.1 Å². The van der Waals surface area contributed by atoms with Crippen molar-refractivity contribution >= 4 is 5.91 Å². The normalized spacial score (nSPS) is 17.6. The van der Waals surface area contributed by atoms with Gasteiger partial charge in [-0.1, -0.05) is 38.1 Å². The average Bonchev–Trinajstić information content (AvgIpc) is 3.11. The maximum atomic E-state index is 12.9. The van der Waals surface area contributed by atoms with Crippen molar-refractivity contribution in [2.24, 2.45) is 5.41 Å². The lowest BCUT2D eigenvalue weighted by Crippen LogP contribution is -2.36. The van der Waals surface area contributed by atoms with Gasteiger partial charge in [0.15, 0.2) is 0 Å². The molecule has 0 radical (unpaired) electrons. The first kappa shape index (κ1) is 18.3. The summed E-state index contributed by atoms with van der Waals surface area (Å²) in [6, 6.07) is 17.3. The van der Waals surface area contributed by atoms with Crippen LogP contribution in [0.4, 0.5) is 0 Å². The topological polar surface area (TPSA) is 56.1 Å². The highest BCUT2D eigenvalue weighted by molar-refractivity contribution is 5.94. The zero-order valence-electron chi connectivity index (χ0n) is 16.5. The van der Waals surface area contributed by atoms with E-state index in [4.69, 9.17) is 4.74 Å². The van der Waals surface area contributed by atoms with Gasteiger partial charge in [-0.15, -0.1) is 0 Å². The summed E-state index contributed by atoms with van der Waals surface area (Å²) in [6.07, 6.45) is 3.69. The molecule has 0 fully saturated rings. The second kappa shape index (κ2) is 7.15. The van der Waals surface area contributed by atoms with Gasteiger partial charge in [-0.25, -0.2) is 4.68 Å². The molecule has 0 saturated carbocycles. The van der Waals surface area contributed by atoms with Crippen molar-refractivity contribution in [2.75, 3.05) is 7.11 Å². The third-order valence-corrected chi connectivity index (χ3v) is 5.32. The van der Waals surface area contributed by atoms with Crippen molar-refractivity contribution in [3.8, 4) is 11.4 Å². The minimum atomic E-state index is -0.0972. The van der Waals surface area contributed by atoms with Crippen molar-refractivity contribution in [2.45, 2.75) is 32.7 Å². The van der Waals surface area contributed by atoms with Gasteiger partial charge in [0.25, 0.3) is 5.91 Å². The molecule has 1 aliphatic rings. The Balaban J connectivity index is 1.66. The van der Waals surface area contributed by atoms with Crippen LogP contribution in [0.3, 0.4) is 0 Å². The Hall–Kier alpha value is -3.08. The maximum absolute atomic E-state index is 12.9. The molecule has 1 aromatic heterocycles. The Morgan fingerprint density at radius 3 is 2.71 bits per heavy atom. The van der Waals surface area contributed by atoms with E-state index in [1.54, 1.807) is 19.2 Å². The predicted octanol–water partition coefficient (Wildman–Crippen LogP) is 4.32. The van der Waals surface area contributed by atoms with Gasteiger partial charge >= 0.3 is 0 Å². The summed E-state index contributed by atoms with van der Waals surface area (Å²) in [5, 5.41) is 7.85. The number of hydrogen-bond donors (Lipinski definition) is 1. The lowest BCUT2D eigenvalue weighted by molar-refractivity contribution is 0.0919. The van der Waals surface area contributed by atoms with Crippen LogP contribution in [0.5, 0.6) is 5.75 Å². The summed E-state index contributed by atoms with van der Waals surface area (Å²) < 4.78 is 7.24. The van der Waals surface area contributed by atoms with E-state index in [1.807, 2.05) is 41.2 Å². The number of carbonyl (C=O) groups excluding carboxylic acids is 1. The van der Waals surface area contributed by atoms with Crippen molar-refractivity contribution in [3.05, 3.63) is 77.6 Å². The quantitative estimate of drug-likeness (QED) is 0.739. The molecule has 0 aliphatic heterocycles. The molecule has 1 N–H and O–H groups in total. The van der Waals surface area contributed by atoms with Crippen LogP contribution < -0.4 is 10.1 Å². The van der Waals surface area contributed by atoms with Crippen LogP contribution in [0.15, 0.2) is 60.8 Å². The highest BCUT2D eigenvalue weighted by Crippen LogP contribution is 2.41. The molecule has 2 aromatic carbocycles. The minimum absolute atomic E-state index is 0.0614. The van der Waals surface area contributed by atoms with Crippen molar-refractivity contribution in [1.82, 2.24) is 15.1 Å². The summed E-state index contributed by atoms with van der Waals surface area (Å²) in [5.41, 5.74) is 3.96. The van der Waals surface area contributed by atoms with Crippen molar-refractivity contribution in [3.63, 3.8) is 0 Å². The molecular weight excluding hydrogens is 350 g/mol. The molecule has 0 spiro atoms. The lowest BCUT2D eigenvalue weighted by atomic mass is 9.74. The smallest absolute Gasteiger partial charge is 0.251 e. The number of hydrogen-bond acceptors (Lipinski definition) is 3. The molecule has 5 nitrogen and oxygen atoms in total. The number of benzene rings is 2. The van der Waals surface area contributed by atoms with Crippen molar-refractivity contribution in [1.29, 1.82) is 0 Å². The Morgan fingerprint density at radius 2 is 1.96 bits per heavy atom. The van der Waals surface area contributed by atoms with Gasteiger partial charge in [-0.3, -0.25) is 4.79 Å². The molecule has 1 heterocycles. The minimum Gasteiger partial charge on any atom is -0.497 e. The summed E-state index contributed by atoms with van der Waals surface area (Å²) in [5.74, 6) is 0.578. The SMILES string of the molecule is COc1cccc(C(=O)NC2CC(C)(C)Cc3c2cnn3-c2ccccc2)c1. The number of amides is 1. The molecule has 5 heteroatoms. The van der Waals surface area contributed by atoms with Crippen LogP contribution in [0.25, 0.3) is 5.69 Å². The van der Waals surface area contributed by atoms with Crippen LogP contribution >= 0.6 is 0 Å². The van der Waals surface area contributed by atoms with Gasteiger partial charge in [-0.05, 0) is 48.6 Å². The Kier molecular flexibility index (Phi) is 4.67. The first-order valence-electron chi connectivity index (χ1n) is 9.54. The molecular formula is C23H25N3O2. The summed E-state index contributed by atoms with van der Waals surface area (Å²) in [7, 11) is 1.60. The van der Waals surface area contributed by atoms with Crippen molar-refractivity contribution < 1.29 is 9.53 Å². The van der Waals surface area contributed by atoms with Crippen LogP contribution in [-0.4, -0.2) is 22.8 Å². The third kappa shape index (κ3) is 3.52. The van der Waals surface area contributed by atoms with Gasteiger partial charge in [0.05, 0.1) is 30.7 Å². The van der Waals surface area contributed by atoms with Gasteiger partial charge in [0, 0.05) is 11.1 Å². The molecule has 1 unspecified atom stereocenters. The van der Waals surface area contributed by atoms with E-state index in [1.165, 1.54) is 5.69 Å². The number of ether oxygens (including phenoxy) is 1. The fraction of sp³-hybridized carbons (Fsp3) is 0.304. The van der Waals surface area contributed by atoms with Crippen LogP contribution in [0, 0.1) is 5.41 Å². The molecule has 4 rings (SSSR count). The van der Waals surface area contributed by atoms with Gasteiger partial charge in [-0.2, -0.15) is 5.10 Å². The zero-order chi connectivity index (χ0) is 19.7. The standard InChI is InChI=1S/C23H25N3O2/c1-23(2)13-20(25-22(27)16-8-7-11-18(12-16)28-3)19-15-24-26(21(19)14-23)17-9-5-4-6-10-17/h4-12,15,20H,13-14H2,1-3H3,(H,25,27). The fourth-order valence-electron chi connectivity index (χ4n) is 3.97. The van der Waals surface area contributed by atoms with E-state index in [9.17, 15) is 4.79 Å². The molecule has 1 amide bonds. The third-order valence-electron chi connectivity index (χ3n) is 5.32. The first-order chi connectivity index (χ1) is 13.5. The molecule has 28 heavy (non-hydrogen) atoms. The zero-order valence-corrected chi connectivity index (χ0v) is 16.5.